The fourth-order valence-electron chi connectivity index (χ4n) is 1.77. The van der Waals surface area contributed by atoms with Crippen LogP contribution in [0.4, 0.5) is 13.2 Å². The molecule has 0 unspecified atom stereocenters. The van der Waals surface area contributed by atoms with Gasteiger partial charge in [0.15, 0.2) is 0 Å². The minimum absolute atomic E-state index is 0.0773. The molecule has 0 saturated heterocycles. The third kappa shape index (κ3) is 3.86. The zero-order valence-electron chi connectivity index (χ0n) is 10.6. The van der Waals surface area contributed by atoms with Gasteiger partial charge in [0.25, 0.3) is 5.56 Å². The summed E-state index contributed by atoms with van der Waals surface area (Å²) in [5, 5.41) is 8.54. The molecule has 0 aliphatic heterocycles. The van der Waals surface area contributed by atoms with Gasteiger partial charge >= 0.3 is 6.36 Å². The fourth-order valence-corrected chi connectivity index (χ4v) is 1.77. The van der Waals surface area contributed by atoms with Gasteiger partial charge in [0.05, 0.1) is 12.5 Å². The van der Waals surface area contributed by atoms with E-state index in [1.165, 1.54) is 18.2 Å². The summed E-state index contributed by atoms with van der Waals surface area (Å²) in [6.07, 6.45) is -4.67. The number of ether oxygens (including phenoxy) is 1. The molecule has 2 rings (SSSR count). The molecule has 1 aromatic heterocycles. The molecule has 0 radical (unpaired) electrons. The number of nitriles is 1. The topological polar surface area (TPSA) is 65.9 Å². The molecule has 21 heavy (non-hydrogen) atoms. The highest BCUT2D eigenvalue weighted by Gasteiger charge is 2.30. The van der Waals surface area contributed by atoms with Crippen molar-refractivity contribution in [1.82, 2.24) is 4.98 Å². The minimum atomic E-state index is -4.75. The molecule has 0 saturated carbocycles. The van der Waals surface area contributed by atoms with E-state index in [0.717, 1.165) is 12.1 Å². The molecule has 0 aliphatic carbocycles. The second-order valence-corrected chi connectivity index (χ2v) is 4.13. The highest BCUT2D eigenvalue weighted by molar-refractivity contribution is 5.63. The van der Waals surface area contributed by atoms with Gasteiger partial charge < -0.3 is 9.72 Å². The molecule has 0 fully saturated rings. The molecule has 0 aliphatic rings. The number of hydrogen-bond acceptors (Lipinski definition) is 3. The number of rotatable bonds is 3. The zero-order chi connectivity index (χ0) is 15.5. The Balaban J connectivity index is 2.27. The van der Waals surface area contributed by atoms with E-state index >= 15 is 0 Å². The number of nitrogens with zero attached hydrogens (tertiary/aromatic N) is 1. The number of aromatic amines is 1. The molecular formula is C14H9F3N2O2. The van der Waals surface area contributed by atoms with Crippen molar-refractivity contribution in [3.8, 4) is 22.9 Å². The molecule has 0 atom stereocenters. The van der Waals surface area contributed by atoms with Crippen molar-refractivity contribution in [2.24, 2.45) is 0 Å². The molecular weight excluding hydrogens is 285 g/mol. The maximum absolute atomic E-state index is 12.0. The molecule has 4 nitrogen and oxygen atoms in total. The van der Waals surface area contributed by atoms with Crippen LogP contribution in [-0.4, -0.2) is 11.3 Å². The van der Waals surface area contributed by atoms with E-state index in [9.17, 15) is 18.0 Å². The van der Waals surface area contributed by atoms with Crippen LogP contribution < -0.4 is 10.3 Å². The Morgan fingerprint density at radius 2 is 1.81 bits per heavy atom. The first-order chi connectivity index (χ1) is 9.89. The quantitative estimate of drug-likeness (QED) is 0.946. The molecule has 108 valence electrons. The van der Waals surface area contributed by atoms with Gasteiger partial charge in [-0.1, -0.05) is 12.1 Å². The Labute approximate surface area is 117 Å². The molecule has 1 N–H and O–H groups in total. The van der Waals surface area contributed by atoms with Crippen LogP contribution in [0, 0.1) is 11.3 Å². The summed E-state index contributed by atoms with van der Waals surface area (Å²) in [7, 11) is 0. The number of halogens is 3. The van der Waals surface area contributed by atoms with Crippen LogP contribution in [0.15, 0.2) is 41.2 Å². The van der Waals surface area contributed by atoms with Crippen LogP contribution >= 0.6 is 0 Å². The fraction of sp³-hybridized carbons (Fsp3) is 0.143. The first-order valence-electron chi connectivity index (χ1n) is 5.84. The average molecular weight is 294 g/mol. The standard InChI is InChI=1S/C14H9F3N2O2/c15-14(16,17)21-11-4-1-9(2-5-11)12-6-3-10(7-8-18)19-13(12)20/h1-6H,7H2,(H,19,20). The summed E-state index contributed by atoms with van der Waals surface area (Å²) in [5.41, 5.74) is 0.819. The number of alkyl halides is 3. The highest BCUT2D eigenvalue weighted by Crippen LogP contribution is 2.25. The molecule has 0 bridgehead atoms. The van der Waals surface area contributed by atoms with E-state index in [2.05, 4.69) is 9.72 Å². The lowest BCUT2D eigenvalue weighted by Gasteiger charge is -2.09. The summed E-state index contributed by atoms with van der Waals surface area (Å²) in [6.45, 7) is 0. The largest absolute Gasteiger partial charge is 0.573 e. The Morgan fingerprint density at radius 3 is 2.33 bits per heavy atom. The summed E-state index contributed by atoms with van der Waals surface area (Å²) in [4.78, 5) is 14.4. The third-order valence-electron chi connectivity index (χ3n) is 2.64. The van der Waals surface area contributed by atoms with E-state index in [0.29, 0.717) is 16.8 Å². The van der Waals surface area contributed by atoms with E-state index in [-0.39, 0.29) is 12.2 Å². The second-order valence-electron chi connectivity index (χ2n) is 4.13. The Hall–Kier alpha value is -2.75. The van der Waals surface area contributed by atoms with Gasteiger partial charge in [-0.25, -0.2) is 0 Å². The summed E-state index contributed by atoms with van der Waals surface area (Å²) in [5.74, 6) is -0.358. The first-order valence-corrected chi connectivity index (χ1v) is 5.84. The number of hydrogen-bond donors (Lipinski definition) is 1. The number of pyridine rings is 1. The van der Waals surface area contributed by atoms with Crippen LogP contribution in [0.3, 0.4) is 0 Å². The lowest BCUT2D eigenvalue weighted by Crippen LogP contribution is -2.17. The van der Waals surface area contributed by atoms with Crippen LogP contribution in [0.5, 0.6) is 5.75 Å². The SMILES string of the molecule is N#CCc1ccc(-c2ccc(OC(F)(F)F)cc2)c(=O)[nH]1. The zero-order valence-corrected chi connectivity index (χ0v) is 10.6. The summed E-state index contributed by atoms with van der Waals surface area (Å²) in [6, 6.07) is 9.98. The number of benzene rings is 1. The summed E-state index contributed by atoms with van der Waals surface area (Å²) < 4.78 is 39.9. The maximum atomic E-state index is 12.0. The van der Waals surface area contributed by atoms with Crippen LogP contribution in [0.1, 0.15) is 5.69 Å². The minimum Gasteiger partial charge on any atom is -0.406 e. The van der Waals surface area contributed by atoms with Gasteiger partial charge in [-0.3, -0.25) is 4.79 Å². The van der Waals surface area contributed by atoms with Gasteiger partial charge in [-0.15, -0.1) is 13.2 Å². The first kappa shape index (κ1) is 14.7. The molecule has 0 spiro atoms. The van der Waals surface area contributed by atoms with Gasteiger partial charge in [-0.2, -0.15) is 5.26 Å². The van der Waals surface area contributed by atoms with Crippen molar-refractivity contribution in [2.75, 3.05) is 0 Å². The van der Waals surface area contributed by atoms with Crippen molar-refractivity contribution in [3.05, 3.63) is 52.4 Å². The lowest BCUT2D eigenvalue weighted by atomic mass is 10.1. The van der Waals surface area contributed by atoms with E-state index in [4.69, 9.17) is 5.26 Å². The van der Waals surface area contributed by atoms with Crippen LogP contribution in [0.2, 0.25) is 0 Å². The van der Waals surface area contributed by atoms with Crippen molar-refractivity contribution < 1.29 is 17.9 Å². The van der Waals surface area contributed by atoms with Crippen LogP contribution in [0.25, 0.3) is 11.1 Å². The molecule has 7 heteroatoms. The number of nitrogens with one attached hydrogen (secondary N) is 1. The number of H-pyrrole nitrogens is 1. The smallest absolute Gasteiger partial charge is 0.406 e. The predicted molar refractivity (Wildman–Crippen MR) is 68.5 cm³/mol. The number of aromatic nitrogens is 1. The van der Waals surface area contributed by atoms with Crippen molar-refractivity contribution >= 4 is 0 Å². The van der Waals surface area contributed by atoms with Gasteiger partial charge in [-0.05, 0) is 29.8 Å². The van der Waals surface area contributed by atoms with Crippen molar-refractivity contribution in [1.29, 1.82) is 5.26 Å². The van der Waals surface area contributed by atoms with Gasteiger partial charge in [0.1, 0.15) is 5.75 Å². The van der Waals surface area contributed by atoms with Crippen molar-refractivity contribution in [2.45, 2.75) is 12.8 Å². The molecule has 1 aromatic carbocycles. The average Bonchev–Trinajstić information content (AvgIpc) is 2.39. The predicted octanol–water partition coefficient (Wildman–Crippen LogP) is 3.01. The monoisotopic (exact) mass is 294 g/mol. The van der Waals surface area contributed by atoms with Gasteiger partial charge in [0, 0.05) is 11.3 Å². The van der Waals surface area contributed by atoms with E-state index in [1.807, 2.05) is 6.07 Å². The summed E-state index contributed by atoms with van der Waals surface area (Å²) >= 11 is 0. The Kier molecular flexibility index (Phi) is 3.98. The van der Waals surface area contributed by atoms with E-state index in [1.54, 1.807) is 6.07 Å². The highest BCUT2D eigenvalue weighted by atomic mass is 19.4. The lowest BCUT2D eigenvalue weighted by molar-refractivity contribution is -0.274. The normalized spacial score (nSPS) is 11.0. The maximum Gasteiger partial charge on any atom is 0.573 e. The third-order valence-corrected chi connectivity index (χ3v) is 2.64. The molecule has 2 aromatic rings. The second kappa shape index (κ2) is 5.71. The van der Waals surface area contributed by atoms with Crippen molar-refractivity contribution in [3.63, 3.8) is 0 Å². The molecule has 0 amide bonds. The molecule has 1 heterocycles. The van der Waals surface area contributed by atoms with Crippen LogP contribution in [-0.2, 0) is 6.42 Å². The Morgan fingerprint density at radius 1 is 1.14 bits per heavy atom. The Bertz CT molecular complexity index is 728. The van der Waals surface area contributed by atoms with Gasteiger partial charge in [0.2, 0.25) is 0 Å². The van der Waals surface area contributed by atoms with E-state index < -0.39 is 11.9 Å².